The smallest absolute Gasteiger partial charge is 0.233 e. The first kappa shape index (κ1) is 15.2. The Balaban J connectivity index is 2.24. The van der Waals surface area contributed by atoms with Crippen LogP contribution in [0.15, 0.2) is 18.2 Å². The summed E-state index contributed by atoms with van der Waals surface area (Å²) in [6.45, 7) is 3.21. The Kier molecular flexibility index (Phi) is 4.39. The predicted molar refractivity (Wildman–Crippen MR) is 74.2 cm³/mol. The molecule has 2 atom stereocenters. The van der Waals surface area contributed by atoms with E-state index in [1.165, 1.54) is 23.1 Å². The maximum Gasteiger partial charge on any atom is 0.233 e. The number of aliphatic hydroxyl groups excluding tert-OH is 1. The van der Waals surface area contributed by atoms with Gasteiger partial charge in [-0.05, 0) is 17.7 Å². The molecule has 110 valence electrons. The summed E-state index contributed by atoms with van der Waals surface area (Å²) in [6.07, 6.45) is 0. The number of halogens is 1. The lowest BCUT2D eigenvalue weighted by atomic mass is 10.00. The van der Waals surface area contributed by atoms with E-state index in [4.69, 9.17) is 5.11 Å². The van der Waals surface area contributed by atoms with Crippen molar-refractivity contribution in [2.45, 2.75) is 20.4 Å². The average Bonchev–Trinajstić information content (AvgIpc) is 2.65. The number of carbonyl (C=O) groups excluding carboxylic acids is 2. The second kappa shape index (κ2) is 6.06. The van der Waals surface area contributed by atoms with Crippen LogP contribution in [0.3, 0.4) is 0 Å². The van der Waals surface area contributed by atoms with Crippen LogP contribution in [0.5, 0.6) is 0 Å². The van der Waals surface area contributed by atoms with Crippen molar-refractivity contribution in [3.63, 3.8) is 0 Å². The van der Waals surface area contributed by atoms with E-state index in [0.29, 0.717) is 5.56 Å². The molecule has 1 aliphatic heterocycles. The van der Waals surface area contributed by atoms with E-state index in [9.17, 15) is 14.0 Å². The SMILES string of the molecule is CC1C(=O)N(Cc2ccc(F)c(C#CCO)c2)C(=O)C1C. The van der Waals surface area contributed by atoms with Gasteiger partial charge in [0.1, 0.15) is 12.4 Å². The zero-order valence-electron chi connectivity index (χ0n) is 11.9. The maximum atomic E-state index is 13.6. The van der Waals surface area contributed by atoms with Crippen molar-refractivity contribution in [3.05, 3.63) is 35.1 Å². The van der Waals surface area contributed by atoms with Crippen LogP contribution in [0.25, 0.3) is 0 Å². The zero-order valence-corrected chi connectivity index (χ0v) is 11.9. The van der Waals surface area contributed by atoms with E-state index < -0.39 is 5.82 Å². The van der Waals surface area contributed by atoms with E-state index in [-0.39, 0.29) is 42.4 Å². The number of amides is 2. The fourth-order valence-electron chi connectivity index (χ4n) is 2.27. The number of benzene rings is 1. The quantitative estimate of drug-likeness (QED) is 0.660. The Hall–Kier alpha value is -2.19. The van der Waals surface area contributed by atoms with Crippen molar-refractivity contribution in [1.29, 1.82) is 0 Å². The summed E-state index contributed by atoms with van der Waals surface area (Å²) in [5.41, 5.74) is 0.767. The highest BCUT2D eigenvalue weighted by Gasteiger charge is 2.41. The van der Waals surface area contributed by atoms with Crippen molar-refractivity contribution in [3.8, 4) is 11.8 Å². The van der Waals surface area contributed by atoms with Crippen molar-refractivity contribution < 1.29 is 19.1 Å². The van der Waals surface area contributed by atoms with Crippen molar-refractivity contribution in [2.75, 3.05) is 6.61 Å². The van der Waals surface area contributed by atoms with Crippen LogP contribution in [-0.4, -0.2) is 28.4 Å². The molecule has 5 heteroatoms. The summed E-state index contributed by atoms with van der Waals surface area (Å²) in [5.74, 6) is 3.31. The molecule has 1 aromatic rings. The molecule has 0 aromatic heterocycles. The molecule has 1 aromatic carbocycles. The van der Waals surface area contributed by atoms with Crippen molar-refractivity contribution in [2.24, 2.45) is 11.8 Å². The summed E-state index contributed by atoms with van der Waals surface area (Å²) in [5, 5.41) is 8.65. The van der Waals surface area contributed by atoms with Gasteiger partial charge in [-0.1, -0.05) is 31.8 Å². The van der Waals surface area contributed by atoms with Gasteiger partial charge in [-0.25, -0.2) is 4.39 Å². The fourth-order valence-corrected chi connectivity index (χ4v) is 2.27. The minimum Gasteiger partial charge on any atom is -0.384 e. The number of likely N-dealkylation sites (tertiary alicyclic amines) is 1. The summed E-state index contributed by atoms with van der Waals surface area (Å²) in [7, 11) is 0. The minimum atomic E-state index is -0.500. The minimum absolute atomic E-state index is 0.112. The van der Waals surface area contributed by atoms with Crippen LogP contribution in [0, 0.1) is 29.5 Å². The van der Waals surface area contributed by atoms with Crippen LogP contribution in [-0.2, 0) is 16.1 Å². The van der Waals surface area contributed by atoms with Crippen LogP contribution >= 0.6 is 0 Å². The third kappa shape index (κ3) is 2.96. The lowest BCUT2D eigenvalue weighted by molar-refractivity contribution is -0.140. The molecule has 1 heterocycles. The van der Waals surface area contributed by atoms with Gasteiger partial charge >= 0.3 is 0 Å². The van der Waals surface area contributed by atoms with Gasteiger partial charge in [-0.2, -0.15) is 0 Å². The molecule has 1 N–H and O–H groups in total. The van der Waals surface area contributed by atoms with Gasteiger partial charge in [-0.3, -0.25) is 14.5 Å². The first-order valence-electron chi connectivity index (χ1n) is 6.69. The first-order valence-corrected chi connectivity index (χ1v) is 6.69. The molecule has 2 rings (SSSR count). The molecular formula is C16H16FNO3. The van der Waals surface area contributed by atoms with Crippen LogP contribution in [0.1, 0.15) is 25.0 Å². The van der Waals surface area contributed by atoms with Gasteiger partial charge in [0.2, 0.25) is 11.8 Å². The zero-order chi connectivity index (χ0) is 15.6. The van der Waals surface area contributed by atoms with Gasteiger partial charge in [0.15, 0.2) is 0 Å². The first-order chi connectivity index (χ1) is 9.95. The number of nitrogens with zero attached hydrogens (tertiary/aromatic N) is 1. The summed E-state index contributed by atoms with van der Waals surface area (Å²) < 4.78 is 13.6. The Morgan fingerprint density at radius 1 is 1.24 bits per heavy atom. The second-order valence-corrected chi connectivity index (χ2v) is 5.11. The number of hydrogen-bond donors (Lipinski definition) is 1. The summed E-state index contributed by atoms with van der Waals surface area (Å²) in [6, 6.07) is 4.26. The highest BCUT2D eigenvalue weighted by molar-refractivity contribution is 6.04. The normalized spacial score (nSPS) is 21.4. The van der Waals surface area contributed by atoms with Gasteiger partial charge in [-0.15, -0.1) is 0 Å². The Morgan fingerprint density at radius 3 is 2.43 bits per heavy atom. The Labute approximate surface area is 122 Å². The van der Waals surface area contributed by atoms with E-state index in [1.807, 2.05) is 0 Å². The van der Waals surface area contributed by atoms with Gasteiger partial charge in [0.25, 0.3) is 0 Å². The number of rotatable bonds is 2. The summed E-state index contributed by atoms with van der Waals surface area (Å²) in [4.78, 5) is 25.2. The molecular weight excluding hydrogens is 273 g/mol. The van der Waals surface area contributed by atoms with Gasteiger partial charge in [0.05, 0.1) is 12.1 Å². The van der Waals surface area contributed by atoms with Crippen molar-refractivity contribution >= 4 is 11.8 Å². The van der Waals surface area contributed by atoms with Crippen LogP contribution < -0.4 is 0 Å². The standard InChI is InChI=1S/C16H16FNO3/c1-10-11(2)16(21)18(15(10)20)9-12-5-6-14(17)13(8-12)4-3-7-19/h5-6,8,10-11,19H,7,9H2,1-2H3. The van der Waals surface area contributed by atoms with Crippen molar-refractivity contribution in [1.82, 2.24) is 4.90 Å². The molecule has 1 aliphatic rings. The molecule has 0 saturated carbocycles. The van der Waals surface area contributed by atoms with Crippen LogP contribution in [0.4, 0.5) is 4.39 Å². The molecule has 21 heavy (non-hydrogen) atoms. The molecule has 0 radical (unpaired) electrons. The molecule has 2 amide bonds. The van der Waals surface area contributed by atoms with E-state index in [2.05, 4.69) is 11.8 Å². The summed E-state index contributed by atoms with van der Waals surface area (Å²) >= 11 is 0. The Bertz CT molecular complexity index is 625. The maximum absolute atomic E-state index is 13.6. The van der Waals surface area contributed by atoms with Gasteiger partial charge < -0.3 is 5.11 Å². The lowest BCUT2D eigenvalue weighted by Crippen LogP contribution is -2.30. The molecule has 1 fully saturated rings. The lowest BCUT2D eigenvalue weighted by Gasteiger charge is -2.14. The average molecular weight is 289 g/mol. The monoisotopic (exact) mass is 289 g/mol. The molecule has 4 nitrogen and oxygen atoms in total. The number of hydrogen-bond acceptors (Lipinski definition) is 3. The third-order valence-electron chi connectivity index (χ3n) is 3.73. The second-order valence-electron chi connectivity index (χ2n) is 5.11. The number of imide groups is 1. The van der Waals surface area contributed by atoms with E-state index >= 15 is 0 Å². The largest absolute Gasteiger partial charge is 0.384 e. The third-order valence-corrected chi connectivity index (χ3v) is 3.73. The molecule has 1 saturated heterocycles. The number of carbonyl (C=O) groups is 2. The number of aliphatic hydroxyl groups is 1. The Morgan fingerprint density at radius 2 is 1.86 bits per heavy atom. The fraction of sp³-hybridized carbons (Fsp3) is 0.375. The highest BCUT2D eigenvalue weighted by Crippen LogP contribution is 2.27. The van der Waals surface area contributed by atoms with Gasteiger partial charge in [0, 0.05) is 11.8 Å². The molecule has 0 aliphatic carbocycles. The molecule has 0 bridgehead atoms. The van der Waals surface area contributed by atoms with E-state index in [0.717, 1.165) is 0 Å². The predicted octanol–water partition coefficient (Wildman–Crippen LogP) is 1.31. The molecule has 0 spiro atoms. The topological polar surface area (TPSA) is 57.6 Å². The highest BCUT2D eigenvalue weighted by atomic mass is 19.1. The molecule has 2 unspecified atom stereocenters. The van der Waals surface area contributed by atoms with E-state index in [1.54, 1.807) is 13.8 Å². The van der Waals surface area contributed by atoms with Crippen LogP contribution in [0.2, 0.25) is 0 Å².